The Bertz CT molecular complexity index is 1240. The fourth-order valence-corrected chi connectivity index (χ4v) is 4.22. The van der Waals surface area contributed by atoms with Crippen molar-refractivity contribution in [3.8, 4) is 0 Å². The maximum Gasteiger partial charge on any atom is 0.417 e. The molecule has 2 aromatic carbocycles. The van der Waals surface area contributed by atoms with Crippen LogP contribution >= 0.6 is 11.6 Å². The molecular formula is C22H19ClFN6O2+. The maximum atomic E-state index is 13.5. The third-order valence-electron chi connectivity index (χ3n) is 5.76. The number of carbonyl (C=O) groups excluding carboxylic acids is 2. The van der Waals surface area contributed by atoms with Gasteiger partial charge in [0.1, 0.15) is 24.6 Å². The Kier molecular flexibility index (Phi) is 4.78. The van der Waals surface area contributed by atoms with E-state index in [1.807, 2.05) is 22.8 Å². The molecule has 3 heterocycles. The number of carbonyl (C=O) groups is 2. The number of amidine groups is 1. The summed E-state index contributed by atoms with van der Waals surface area (Å²) < 4.78 is 15.3. The van der Waals surface area contributed by atoms with E-state index >= 15 is 0 Å². The van der Waals surface area contributed by atoms with E-state index < -0.39 is 12.1 Å². The molecule has 5 rings (SSSR count). The van der Waals surface area contributed by atoms with Crippen LogP contribution in [0.15, 0.2) is 58.6 Å². The van der Waals surface area contributed by atoms with Gasteiger partial charge in [-0.3, -0.25) is 14.6 Å². The van der Waals surface area contributed by atoms with E-state index in [1.54, 1.807) is 30.3 Å². The van der Waals surface area contributed by atoms with Crippen LogP contribution < -0.4 is 0 Å². The normalized spacial score (nSPS) is 20.4. The number of hydrazone groups is 1. The SMILES string of the molecule is CN1C(=O)C2C(=NC3=[N+]2CC(c2ccc(F)cc2)=NN3Cc2ccccc2Cl)N(C)C1=O. The van der Waals surface area contributed by atoms with E-state index in [9.17, 15) is 14.0 Å². The summed E-state index contributed by atoms with van der Waals surface area (Å²) in [6, 6.07) is 12.2. The number of likely N-dealkylation sites (N-methyl/N-ethyl adjacent to an activating group) is 2. The first-order valence-corrected chi connectivity index (χ1v) is 10.3. The molecule has 3 aliphatic rings. The van der Waals surface area contributed by atoms with Crippen molar-refractivity contribution in [1.82, 2.24) is 14.8 Å². The van der Waals surface area contributed by atoms with Crippen molar-refractivity contribution < 1.29 is 18.6 Å². The fourth-order valence-electron chi connectivity index (χ4n) is 4.02. The average molecular weight is 454 g/mol. The first kappa shape index (κ1) is 20.3. The highest BCUT2D eigenvalue weighted by molar-refractivity contribution is 6.31. The van der Waals surface area contributed by atoms with Crippen LogP contribution in [0.4, 0.5) is 9.18 Å². The van der Waals surface area contributed by atoms with Crippen LogP contribution in [0.1, 0.15) is 11.1 Å². The van der Waals surface area contributed by atoms with Crippen molar-refractivity contribution in [2.75, 3.05) is 20.6 Å². The highest BCUT2D eigenvalue weighted by Gasteiger charge is 2.54. The minimum Gasteiger partial charge on any atom is -0.270 e. The van der Waals surface area contributed by atoms with E-state index in [2.05, 4.69) is 4.99 Å². The zero-order valence-electron chi connectivity index (χ0n) is 17.4. The van der Waals surface area contributed by atoms with Gasteiger partial charge in [-0.1, -0.05) is 46.9 Å². The van der Waals surface area contributed by atoms with Crippen LogP contribution in [0.3, 0.4) is 0 Å². The Labute approximate surface area is 188 Å². The second kappa shape index (κ2) is 7.52. The van der Waals surface area contributed by atoms with Gasteiger partial charge in [0.2, 0.25) is 11.9 Å². The topological polar surface area (TPSA) is 71.6 Å². The number of hydrogen-bond acceptors (Lipinski definition) is 5. The summed E-state index contributed by atoms with van der Waals surface area (Å²) in [5.41, 5.74) is 2.20. The molecule has 1 fully saturated rings. The van der Waals surface area contributed by atoms with Crippen LogP contribution in [-0.2, 0) is 11.3 Å². The fraction of sp³-hybridized carbons (Fsp3) is 0.227. The van der Waals surface area contributed by atoms with E-state index in [4.69, 9.17) is 16.7 Å². The number of imide groups is 1. The number of hydrogen-bond donors (Lipinski definition) is 0. The Balaban J connectivity index is 1.60. The van der Waals surface area contributed by atoms with Gasteiger partial charge in [-0.15, -0.1) is 10.1 Å². The van der Waals surface area contributed by atoms with Crippen LogP contribution in [0.5, 0.6) is 0 Å². The predicted octanol–water partition coefficient (Wildman–Crippen LogP) is 2.37. The smallest absolute Gasteiger partial charge is 0.270 e. The zero-order chi connectivity index (χ0) is 22.6. The molecule has 2 aromatic rings. The number of aliphatic imine (C=N–C) groups is 1. The summed E-state index contributed by atoms with van der Waals surface area (Å²) >= 11 is 6.37. The van der Waals surface area contributed by atoms with Crippen molar-refractivity contribution in [1.29, 1.82) is 0 Å². The molecule has 3 amide bonds. The lowest BCUT2D eigenvalue weighted by Gasteiger charge is -2.32. The van der Waals surface area contributed by atoms with Gasteiger partial charge in [0, 0.05) is 30.2 Å². The summed E-state index contributed by atoms with van der Waals surface area (Å²) in [5.74, 6) is 0.105. The third kappa shape index (κ3) is 3.16. The number of halogens is 2. The van der Waals surface area contributed by atoms with Gasteiger partial charge in [-0.2, -0.15) is 0 Å². The highest BCUT2D eigenvalue weighted by atomic mass is 35.5. The molecule has 8 nitrogen and oxygen atoms in total. The standard InChI is InChI=1S/C22H19ClFN6O2/c1-27-19-18(20(31)28(2)22(27)32)29-12-17(13-7-9-15(24)10-8-13)26-30(21(29)25-19)11-14-5-3-4-6-16(14)23/h3-10,18H,11-12H2,1-2H3/q+1. The van der Waals surface area contributed by atoms with Gasteiger partial charge in [-0.05, 0) is 18.2 Å². The van der Waals surface area contributed by atoms with Crippen LogP contribution in [0, 0.1) is 5.82 Å². The zero-order valence-corrected chi connectivity index (χ0v) is 18.1. The molecular weight excluding hydrogens is 435 g/mol. The monoisotopic (exact) mass is 453 g/mol. The van der Waals surface area contributed by atoms with E-state index in [0.29, 0.717) is 29.1 Å². The van der Waals surface area contributed by atoms with Gasteiger partial charge < -0.3 is 0 Å². The van der Waals surface area contributed by atoms with Crippen LogP contribution in [0.2, 0.25) is 5.02 Å². The van der Waals surface area contributed by atoms with Crippen molar-refractivity contribution in [2.24, 2.45) is 10.1 Å². The first-order valence-electron chi connectivity index (χ1n) is 9.97. The minimum absolute atomic E-state index is 0.277. The van der Waals surface area contributed by atoms with E-state index in [-0.39, 0.29) is 18.3 Å². The Morgan fingerprint density at radius 1 is 1.09 bits per heavy atom. The molecule has 0 spiro atoms. The van der Waals surface area contributed by atoms with Gasteiger partial charge in [0.25, 0.3) is 5.91 Å². The lowest BCUT2D eigenvalue weighted by Crippen LogP contribution is -2.62. The predicted molar refractivity (Wildman–Crippen MR) is 117 cm³/mol. The summed E-state index contributed by atoms with van der Waals surface area (Å²) in [6.45, 7) is 0.584. The number of guanidine groups is 1. The molecule has 0 radical (unpaired) electrons. The van der Waals surface area contributed by atoms with E-state index in [1.165, 1.54) is 24.1 Å². The highest BCUT2D eigenvalue weighted by Crippen LogP contribution is 2.26. The molecule has 3 aliphatic heterocycles. The van der Waals surface area contributed by atoms with Crippen molar-refractivity contribution in [3.63, 3.8) is 0 Å². The lowest BCUT2D eigenvalue weighted by atomic mass is 10.1. The molecule has 10 heteroatoms. The Morgan fingerprint density at radius 3 is 2.53 bits per heavy atom. The first-order chi connectivity index (χ1) is 15.3. The van der Waals surface area contributed by atoms with Crippen molar-refractivity contribution in [2.45, 2.75) is 12.6 Å². The van der Waals surface area contributed by atoms with Crippen LogP contribution in [0.25, 0.3) is 0 Å². The largest absolute Gasteiger partial charge is 0.417 e. The minimum atomic E-state index is -0.752. The molecule has 0 bridgehead atoms. The summed E-state index contributed by atoms with van der Waals surface area (Å²) in [7, 11) is 3.05. The molecule has 1 atom stereocenters. The average Bonchev–Trinajstić information content (AvgIpc) is 3.18. The Morgan fingerprint density at radius 2 is 1.81 bits per heavy atom. The number of fused-ring (bicyclic) bond motifs is 2. The van der Waals surface area contributed by atoms with Crippen molar-refractivity contribution >= 4 is 41.0 Å². The van der Waals surface area contributed by atoms with Gasteiger partial charge in [0.05, 0.1) is 0 Å². The lowest BCUT2D eigenvalue weighted by molar-refractivity contribution is -0.527. The van der Waals surface area contributed by atoms with Gasteiger partial charge in [0.15, 0.2) is 0 Å². The molecule has 0 aromatic heterocycles. The van der Waals surface area contributed by atoms with Crippen LogP contribution in [-0.4, -0.2) is 75.5 Å². The third-order valence-corrected chi connectivity index (χ3v) is 6.13. The van der Waals surface area contributed by atoms with Gasteiger partial charge >= 0.3 is 12.0 Å². The second-order valence-corrected chi connectivity index (χ2v) is 8.15. The molecule has 1 saturated heterocycles. The van der Waals surface area contributed by atoms with Gasteiger partial charge in [-0.25, -0.2) is 13.8 Å². The maximum absolute atomic E-state index is 13.5. The molecule has 162 valence electrons. The van der Waals surface area contributed by atoms with Crippen molar-refractivity contribution in [3.05, 3.63) is 70.5 Å². The van der Waals surface area contributed by atoms with E-state index in [0.717, 1.165) is 16.0 Å². The molecule has 0 N–H and O–H groups in total. The number of benzene rings is 2. The number of amides is 3. The molecule has 32 heavy (non-hydrogen) atoms. The molecule has 1 unspecified atom stereocenters. The quantitative estimate of drug-likeness (QED) is 0.670. The number of rotatable bonds is 3. The summed E-state index contributed by atoms with van der Waals surface area (Å²) in [5, 5.41) is 7.01. The number of urea groups is 1. The Hall–Kier alpha value is -3.59. The number of nitrogens with zero attached hydrogens (tertiary/aromatic N) is 6. The molecule has 0 aliphatic carbocycles. The summed E-state index contributed by atoms with van der Waals surface area (Å²) in [6.07, 6.45) is 0. The second-order valence-electron chi connectivity index (χ2n) is 7.74. The summed E-state index contributed by atoms with van der Waals surface area (Å²) in [4.78, 5) is 32.6. The molecule has 0 saturated carbocycles.